The summed E-state index contributed by atoms with van der Waals surface area (Å²) in [5.74, 6) is -0.257. The predicted molar refractivity (Wildman–Crippen MR) is 108 cm³/mol. The molecule has 0 fully saturated rings. The summed E-state index contributed by atoms with van der Waals surface area (Å²) >= 11 is 6.10. The quantitative estimate of drug-likeness (QED) is 0.273. The van der Waals surface area contributed by atoms with Crippen LogP contribution in [-0.4, -0.2) is 26.5 Å². The second-order valence-electron chi connectivity index (χ2n) is 5.43. The van der Waals surface area contributed by atoms with E-state index in [0.717, 1.165) is 8.02 Å². The van der Waals surface area contributed by atoms with E-state index in [1.54, 1.807) is 36.4 Å². The predicted octanol–water partition coefficient (Wildman–Crippen LogP) is 2.38. The number of carbonyl (C=O) groups excluding carboxylic acids is 1. The fourth-order valence-corrected chi connectivity index (χ4v) is 6.89. The number of anilines is 1. The second-order valence-corrected chi connectivity index (χ2v) is 10.4. The standard InChI is InChI=1S/C18H11AsClN3O3S/c20-12-5-1-10(2-6-12)16(24)17-15(22)14(9-21)18(27-17)19-11-3-7-13(8-4-11)23(25)26/h1-8,19H,22H2. The van der Waals surface area contributed by atoms with Crippen LogP contribution in [0.3, 0.4) is 0 Å². The van der Waals surface area contributed by atoms with Crippen LogP contribution in [0, 0.1) is 21.4 Å². The van der Waals surface area contributed by atoms with Crippen molar-refractivity contribution >= 4 is 63.9 Å². The van der Waals surface area contributed by atoms with Gasteiger partial charge in [0.25, 0.3) is 0 Å². The fourth-order valence-electron chi connectivity index (χ4n) is 2.34. The van der Waals surface area contributed by atoms with E-state index in [-0.39, 0.29) is 17.2 Å². The first-order chi connectivity index (χ1) is 12.9. The summed E-state index contributed by atoms with van der Waals surface area (Å²) in [5, 5.41) is 20.8. The Morgan fingerprint density at radius 2 is 1.81 bits per heavy atom. The first kappa shape index (κ1) is 19.1. The van der Waals surface area contributed by atoms with Crippen LogP contribution in [0.1, 0.15) is 20.8 Å². The van der Waals surface area contributed by atoms with Gasteiger partial charge >= 0.3 is 170 Å². The van der Waals surface area contributed by atoms with Gasteiger partial charge in [-0.2, -0.15) is 0 Å². The van der Waals surface area contributed by atoms with E-state index in [9.17, 15) is 20.2 Å². The number of hydrogen-bond acceptors (Lipinski definition) is 6. The van der Waals surface area contributed by atoms with Crippen molar-refractivity contribution in [3.63, 3.8) is 0 Å². The Hall–Kier alpha value is -2.65. The number of nitrogens with two attached hydrogens (primary N) is 1. The summed E-state index contributed by atoms with van der Waals surface area (Å²) in [7, 11) is 0. The Balaban J connectivity index is 1.94. The molecule has 1 aromatic heterocycles. The zero-order chi connectivity index (χ0) is 19.6. The summed E-state index contributed by atoms with van der Waals surface area (Å²) in [6.07, 6.45) is 0. The van der Waals surface area contributed by atoms with E-state index in [1.165, 1.54) is 23.5 Å². The molecule has 9 heteroatoms. The molecule has 6 nitrogen and oxygen atoms in total. The number of halogens is 1. The average Bonchev–Trinajstić information content (AvgIpc) is 2.97. The van der Waals surface area contributed by atoms with Crippen LogP contribution < -0.4 is 13.7 Å². The van der Waals surface area contributed by atoms with Crippen LogP contribution in [-0.2, 0) is 0 Å². The number of carbonyl (C=O) groups is 1. The Morgan fingerprint density at radius 3 is 2.37 bits per heavy atom. The van der Waals surface area contributed by atoms with E-state index < -0.39 is 20.7 Å². The zero-order valence-corrected chi connectivity index (χ0v) is 17.3. The van der Waals surface area contributed by atoms with Crippen LogP contribution >= 0.6 is 22.9 Å². The van der Waals surface area contributed by atoms with Crippen molar-refractivity contribution in [2.24, 2.45) is 0 Å². The van der Waals surface area contributed by atoms with Crippen LogP contribution in [0.5, 0.6) is 0 Å². The van der Waals surface area contributed by atoms with E-state index in [0.29, 0.717) is 21.0 Å². The van der Waals surface area contributed by atoms with E-state index in [4.69, 9.17) is 17.3 Å². The molecule has 134 valence electrons. The van der Waals surface area contributed by atoms with Crippen molar-refractivity contribution in [3.8, 4) is 6.07 Å². The first-order valence-electron chi connectivity index (χ1n) is 7.55. The van der Waals surface area contributed by atoms with Crippen LogP contribution in [0.4, 0.5) is 11.4 Å². The molecule has 0 aliphatic carbocycles. The summed E-state index contributed by atoms with van der Waals surface area (Å²) in [6, 6.07) is 14.8. The number of hydrogen-bond donors (Lipinski definition) is 1. The number of non-ortho nitro benzene ring substituents is 1. The fraction of sp³-hybridized carbons (Fsp3) is 0. The molecule has 2 aromatic carbocycles. The average molecular weight is 460 g/mol. The van der Waals surface area contributed by atoms with Gasteiger partial charge in [-0.1, -0.05) is 0 Å². The van der Waals surface area contributed by atoms with Crippen molar-refractivity contribution in [3.05, 3.63) is 79.7 Å². The molecule has 0 aliphatic rings. The number of rotatable bonds is 5. The van der Waals surface area contributed by atoms with E-state index in [1.807, 2.05) is 0 Å². The molecule has 0 aliphatic heterocycles. The van der Waals surface area contributed by atoms with Gasteiger partial charge < -0.3 is 0 Å². The maximum absolute atomic E-state index is 12.7. The van der Waals surface area contributed by atoms with Gasteiger partial charge in [-0.05, 0) is 0 Å². The van der Waals surface area contributed by atoms with Gasteiger partial charge in [-0.25, -0.2) is 0 Å². The number of nitrogens with zero attached hydrogens (tertiary/aromatic N) is 2. The molecule has 2 N–H and O–H groups in total. The number of nitro benzene ring substituents is 1. The van der Waals surface area contributed by atoms with Crippen molar-refractivity contribution < 1.29 is 9.72 Å². The summed E-state index contributed by atoms with van der Waals surface area (Å²) in [5.41, 5.74) is 7.02. The molecule has 0 radical (unpaired) electrons. The molecule has 1 heterocycles. The molecule has 0 saturated carbocycles. The van der Waals surface area contributed by atoms with Gasteiger partial charge in [0.05, 0.1) is 0 Å². The minimum atomic E-state index is -0.967. The second kappa shape index (κ2) is 7.93. The molecule has 1 unspecified atom stereocenters. The number of thiophene rings is 1. The topological polar surface area (TPSA) is 110 Å². The first-order valence-corrected chi connectivity index (χ1v) is 10.8. The van der Waals surface area contributed by atoms with Gasteiger partial charge in [0.1, 0.15) is 0 Å². The molecule has 0 amide bonds. The molecule has 27 heavy (non-hydrogen) atoms. The van der Waals surface area contributed by atoms with E-state index >= 15 is 0 Å². The number of benzene rings is 2. The van der Waals surface area contributed by atoms with Crippen LogP contribution in [0.15, 0.2) is 48.5 Å². The van der Waals surface area contributed by atoms with Crippen LogP contribution in [0.2, 0.25) is 5.02 Å². The third kappa shape index (κ3) is 4.04. The normalized spacial score (nSPS) is 10.8. The molecule has 3 rings (SSSR count). The molecular formula is C18H11AsClN3O3S. The van der Waals surface area contributed by atoms with Gasteiger partial charge in [0.15, 0.2) is 0 Å². The summed E-state index contributed by atoms with van der Waals surface area (Å²) in [4.78, 5) is 23.4. The summed E-state index contributed by atoms with van der Waals surface area (Å²) in [6.45, 7) is 0. The Kier molecular flexibility index (Phi) is 5.62. The number of ketones is 1. The van der Waals surface area contributed by atoms with Gasteiger partial charge in [-0.3, -0.25) is 0 Å². The minimum absolute atomic E-state index is 0.00940. The molecule has 3 aromatic rings. The van der Waals surface area contributed by atoms with Crippen molar-refractivity contribution in [1.82, 2.24) is 0 Å². The molecule has 0 saturated heterocycles. The van der Waals surface area contributed by atoms with Crippen molar-refractivity contribution in [2.75, 3.05) is 5.73 Å². The number of nitro groups is 1. The van der Waals surface area contributed by atoms with E-state index in [2.05, 4.69) is 6.07 Å². The van der Waals surface area contributed by atoms with Crippen molar-refractivity contribution in [1.29, 1.82) is 5.26 Å². The Labute approximate surface area is 170 Å². The zero-order valence-electron chi connectivity index (χ0n) is 13.6. The van der Waals surface area contributed by atoms with Crippen molar-refractivity contribution in [2.45, 2.75) is 0 Å². The molecule has 0 bridgehead atoms. The molecule has 1 atom stereocenters. The van der Waals surface area contributed by atoms with Gasteiger partial charge in [-0.15, -0.1) is 0 Å². The maximum atomic E-state index is 12.7. The Bertz CT molecular complexity index is 1070. The third-order valence-corrected chi connectivity index (χ3v) is 8.45. The monoisotopic (exact) mass is 459 g/mol. The van der Waals surface area contributed by atoms with Gasteiger partial charge in [0.2, 0.25) is 0 Å². The molecular weight excluding hydrogens is 449 g/mol. The number of nitrogen functional groups attached to an aromatic ring is 1. The molecule has 0 spiro atoms. The van der Waals surface area contributed by atoms with Crippen LogP contribution in [0.25, 0.3) is 0 Å². The third-order valence-electron chi connectivity index (χ3n) is 3.71. The number of nitriles is 1. The SMILES string of the molecule is N#Cc1c([AsH]c2ccc([N+](=O)[O-])cc2)sc(C(=O)c2ccc(Cl)cc2)c1N. The Morgan fingerprint density at radius 1 is 1.19 bits per heavy atom. The van der Waals surface area contributed by atoms with Gasteiger partial charge in [0, 0.05) is 0 Å². The summed E-state index contributed by atoms with van der Waals surface area (Å²) < 4.78 is 1.67.